The Morgan fingerprint density at radius 2 is 1.75 bits per heavy atom. The van der Waals surface area contributed by atoms with E-state index in [4.69, 9.17) is 0 Å². The van der Waals surface area contributed by atoms with Gasteiger partial charge in [-0.25, -0.2) is 13.2 Å². The smallest absolute Gasteiger partial charge is 0.254 e. The number of hydrogen-bond acceptors (Lipinski definition) is 2. The molecule has 3 aromatic rings. The molecule has 0 atom stereocenters. The van der Waals surface area contributed by atoms with Crippen LogP contribution in [0.1, 0.15) is 39.1 Å². The average Bonchev–Trinajstić information content (AvgIpc) is 3.05. The van der Waals surface area contributed by atoms with E-state index in [2.05, 4.69) is 0 Å². The van der Waals surface area contributed by atoms with E-state index in [1.807, 2.05) is 6.07 Å². The van der Waals surface area contributed by atoms with E-state index < -0.39 is 11.7 Å². The summed E-state index contributed by atoms with van der Waals surface area (Å²) in [6.07, 6.45) is -0.671. The van der Waals surface area contributed by atoms with Crippen molar-refractivity contribution in [3.63, 3.8) is 0 Å². The van der Waals surface area contributed by atoms with Crippen molar-refractivity contribution < 1.29 is 22.8 Å². The Bertz CT molecular complexity index is 1260. The number of amides is 2. The van der Waals surface area contributed by atoms with Gasteiger partial charge in [0, 0.05) is 56.2 Å². The molecular formula is C25H21F3N2O2. The van der Waals surface area contributed by atoms with Crippen LogP contribution >= 0.6 is 0 Å². The van der Waals surface area contributed by atoms with E-state index in [-0.39, 0.29) is 37.7 Å². The van der Waals surface area contributed by atoms with Crippen LogP contribution in [-0.4, -0.2) is 47.7 Å². The normalized spacial score (nSPS) is 17.7. The molecule has 2 aliphatic rings. The van der Waals surface area contributed by atoms with Crippen LogP contribution in [0.4, 0.5) is 13.2 Å². The van der Waals surface area contributed by atoms with Gasteiger partial charge in [0.05, 0.1) is 0 Å². The lowest BCUT2D eigenvalue weighted by molar-refractivity contribution is -0.0494. The lowest BCUT2D eigenvalue weighted by Gasteiger charge is -2.31. The predicted octanol–water partition coefficient (Wildman–Crippen LogP) is 5.10. The van der Waals surface area contributed by atoms with Crippen LogP contribution in [0, 0.1) is 5.82 Å². The number of hydrogen-bond donors (Lipinski definition) is 0. The van der Waals surface area contributed by atoms with Crippen LogP contribution < -0.4 is 0 Å². The molecule has 0 bridgehead atoms. The van der Waals surface area contributed by atoms with Crippen LogP contribution in [0.5, 0.6) is 0 Å². The number of fused-ring (bicyclic) bond motifs is 2. The summed E-state index contributed by atoms with van der Waals surface area (Å²) in [5.74, 6) is -3.47. The van der Waals surface area contributed by atoms with Crippen molar-refractivity contribution in [1.29, 1.82) is 0 Å². The molecule has 0 N–H and O–H groups in total. The monoisotopic (exact) mass is 438 g/mol. The van der Waals surface area contributed by atoms with Gasteiger partial charge in [0.1, 0.15) is 5.82 Å². The second-order valence-corrected chi connectivity index (χ2v) is 8.54. The van der Waals surface area contributed by atoms with Crippen LogP contribution in [0.3, 0.4) is 0 Å². The molecule has 3 aromatic carbocycles. The second-order valence-electron chi connectivity index (χ2n) is 8.54. The SMILES string of the molecule is CN1Cc2cc(-c3c(F)ccc4cc(C(=O)N5CCC(F)(F)CC5)ccc34)ccc2C1=O. The average molecular weight is 438 g/mol. The van der Waals surface area contributed by atoms with Crippen molar-refractivity contribution in [3.8, 4) is 11.1 Å². The first-order valence-electron chi connectivity index (χ1n) is 10.5. The van der Waals surface area contributed by atoms with E-state index in [9.17, 15) is 22.8 Å². The van der Waals surface area contributed by atoms with E-state index in [0.717, 1.165) is 5.56 Å². The fraction of sp³-hybridized carbons (Fsp3) is 0.280. The molecule has 4 nitrogen and oxygen atoms in total. The summed E-state index contributed by atoms with van der Waals surface area (Å²) in [4.78, 5) is 28.1. The third-order valence-corrected chi connectivity index (χ3v) is 6.38. The molecular weight excluding hydrogens is 417 g/mol. The largest absolute Gasteiger partial charge is 0.338 e. The maximum atomic E-state index is 14.9. The van der Waals surface area contributed by atoms with Crippen molar-refractivity contribution in [2.45, 2.75) is 25.3 Å². The van der Waals surface area contributed by atoms with Crippen molar-refractivity contribution in [2.24, 2.45) is 0 Å². The van der Waals surface area contributed by atoms with Gasteiger partial charge in [-0.05, 0) is 52.2 Å². The lowest BCUT2D eigenvalue weighted by atomic mass is 9.94. The van der Waals surface area contributed by atoms with Crippen molar-refractivity contribution >= 4 is 22.6 Å². The number of piperidine rings is 1. The Morgan fingerprint density at radius 1 is 1.00 bits per heavy atom. The van der Waals surface area contributed by atoms with Crippen LogP contribution in [-0.2, 0) is 6.54 Å². The Hall–Kier alpha value is -3.35. The number of likely N-dealkylation sites (tertiary alicyclic amines) is 1. The van der Waals surface area contributed by atoms with Crippen molar-refractivity contribution in [3.05, 3.63) is 71.0 Å². The van der Waals surface area contributed by atoms with Gasteiger partial charge in [-0.3, -0.25) is 9.59 Å². The minimum Gasteiger partial charge on any atom is -0.338 e. The molecule has 5 rings (SSSR count). The van der Waals surface area contributed by atoms with E-state index in [0.29, 0.717) is 39.6 Å². The summed E-state index contributed by atoms with van der Waals surface area (Å²) in [6.45, 7) is 0.504. The van der Waals surface area contributed by atoms with E-state index in [1.165, 1.54) is 11.0 Å². The van der Waals surface area contributed by atoms with Crippen LogP contribution in [0.25, 0.3) is 21.9 Å². The Kier molecular flexibility index (Phi) is 4.73. The molecule has 164 valence electrons. The minimum absolute atomic E-state index is 0.0147. The first-order chi connectivity index (χ1) is 15.2. The van der Waals surface area contributed by atoms with Crippen LogP contribution in [0.2, 0.25) is 0 Å². The third kappa shape index (κ3) is 3.42. The lowest BCUT2D eigenvalue weighted by Crippen LogP contribution is -2.42. The Labute approximate surface area is 183 Å². The molecule has 0 radical (unpaired) electrons. The highest BCUT2D eigenvalue weighted by Crippen LogP contribution is 2.35. The number of rotatable bonds is 2. The molecule has 0 unspecified atom stereocenters. The summed E-state index contributed by atoms with van der Waals surface area (Å²) >= 11 is 0. The molecule has 2 aliphatic heterocycles. The molecule has 0 spiro atoms. The topological polar surface area (TPSA) is 40.6 Å². The molecule has 2 amide bonds. The van der Waals surface area contributed by atoms with Crippen molar-refractivity contribution in [1.82, 2.24) is 9.80 Å². The standard InChI is InChI=1S/C25H21F3N2O2/c1-29-14-18-13-16(2-6-20(18)24(29)32)22-19-5-3-17(12-15(19)4-7-21(22)26)23(31)30-10-8-25(27,28)9-11-30/h2-7,12-13H,8-11,14H2,1H3. The van der Waals surface area contributed by atoms with Crippen LogP contribution in [0.15, 0.2) is 48.5 Å². The molecule has 0 aliphatic carbocycles. The Morgan fingerprint density at radius 3 is 2.50 bits per heavy atom. The summed E-state index contributed by atoms with van der Waals surface area (Å²) in [5.41, 5.74) is 2.93. The number of nitrogens with zero attached hydrogens (tertiary/aromatic N) is 2. The van der Waals surface area contributed by atoms with E-state index in [1.54, 1.807) is 48.3 Å². The highest BCUT2D eigenvalue weighted by molar-refractivity contribution is 6.04. The zero-order chi connectivity index (χ0) is 22.6. The molecule has 2 heterocycles. The van der Waals surface area contributed by atoms with Gasteiger partial charge < -0.3 is 9.80 Å². The number of halogens is 3. The fourth-order valence-electron chi connectivity index (χ4n) is 4.57. The molecule has 0 saturated carbocycles. The maximum Gasteiger partial charge on any atom is 0.254 e. The maximum absolute atomic E-state index is 14.9. The number of alkyl halides is 2. The molecule has 32 heavy (non-hydrogen) atoms. The van der Waals surface area contributed by atoms with Gasteiger partial charge in [0.15, 0.2) is 0 Å². The fourth-order valence-corrected chi connectivity index (χ4v) is 4.57. The van der Waals surface area contributed by atoms with Crippen molar-refractivity contribution in [2.75, 3.05) is 20.1 Å². The second kappa shape index (κ2) is 7.36. The highest BCUT2D eigenvalue weighted by atomic mass is 19.3. The third-order valence-electron chi connectivity index (χ3n) is 6.38. The number of carbonyl (C=O) groups excluding carboxylic acids is 2. The summed E-state index contributed by atoms with van der Waals surface area (Å²) in [7, 11) is 1.72. The molecule has 0 aromatic heterocycles. The predicted molar refractivity (Wildman–Crippen MR) is 115 cm³/mol. The zero-order valence-electron chi connectivity index (χ0n) is 17.5. The quantitative estimate of drug-likeness (QED) is 0.558. The summed E-state index contributed by atoms with van der Waals surface area (Å²) in [6, 6.07) is 13.3. The van der Waals surface area contributed by atoms with Gasteiger partial charge >= 0.3 is 0 Å². The van der Waals surface area contributed by atoms with Gasteiger partial charge in [-0.1, -0.05) is 18.2 Å². The van der Waals surface area contributed by atoms with E-state index >= 15 is 0 Å². The summed E-state index contributed by atoms with van der Waals surface area (Å²) in [5, 5.41) is 1.33. The van der Waals surface area contributed by atoms with Gasteiger partial charge in [0.25, 0.3) is 17.7 Å². The zero-order valence-corrected chi connectivity index (χ0v) is 17.5. The van der Waals surface area contributed by atoms with Gasteiger partial charge in [-0.15, -0.1) is 0 Å². The van der Waals surface area contributed by atoms with Gasteiger partial charge in [0.2, 0.25) is 0 Å². The molecule has 1 fully saturated rings. The summed E-state index contributed by atoms with van der Waals surface area (Å²) < 4.78 is 41.8. The first-order valence-corrected chi connectivity index (χ1v) is 10.5. The number of benzene rings is 3. The number of carbonyl (C=O) groups is 2. The Balaban J connectivity index is 1.51. The minimum atomic E-state index is -2.72. The highest BCUT2D eigenvalue weighted by Gasteiger charge is 2.35. The molecule has 1 saturated heterocycles. The first kappa shape index (κ1) is 20.5. The molecule has 7 heteroatoms. The van der Waals surface area contributed by atoms with Gasteiger partial charge in [-0.2, -0.15) is 0 Å².